The van der Waals surface area contributed by atoms with E-state index in [-0.39, 0.29) is 40.5 Å². The molecule has 0 unspecified atom stereocenters. The number of anilines is 1. The molecule has 0 saturated carbocycles. The Kier molecular flexibility index (Phi) is 8.93. The maximum Gasteiger partial charge on any atom is 0.289 e. The van der Waals surface area contributed by atoms with E-state index in [2.05, 4.69) is 15.5 Å². The monoisotopic (exact) mass is 595 g/mol. The van der Waals surface area contributed by atoms with E-state index >= 15 is 0 Å². The molecule has 1 amide bonds. The summed E-state index contributed by atoms with van der Waals surface area (Å²) in [7, 11) is -4.42. The van der Waals surface area contributed by atoms with E-state index in [4.69, 9.17) is 0 Å². The largest absolute Gasteiger partial charge is 0.378 e. The molecule has 0 spiro atoms. The Bertz CT molecular complexity index is 1800. The van der Waals surface area contributed by atoms with Gasteiger partial charge in [0.25, 0.3) is 5.91 Å². The number of nitrogens with one attached hydrogen (secondary N) is 1. The highest BCUT2D eigenvalue weighted by molar-refractivity contribution is 7.94. The van der Waals surface area contributed by atoms with Crippen LogP contribution in [0.4, 0.5) is 5.69 Å². The Morgan fingerprint density at radius 1 is 0.902 bits per heavy atom. The van der Waals surface area contributed by atoms with Gasteiger partial charge in [-0.1, -0.05) is 26.0 Å². The average molecular weight is 596 g/mol. The SMILES string of the molecule is CCCS(=O)(=O)c1c(S(=O)(=O)CCC)c2cc(-c3ccncc3)ccn2c1C(=O)N/N=C/c1ccc(N(C)C)cc1. The summed E-state index contributed by atoms with van der Waals surface area (Å²) in [6.07, 6.45) is 6.67. The first-order valence-electron chi connectivity index (χ1n) is 13.1. The summed E-state index contributed by atoms with van der Waals surface area (Å²) in [5, 5.41) is 4.04. The van der Waals surface area contributed by atoms with E-state index in [1.54, 1.807) is 50.5 Å². The summed E-state index contributed by atoms with van der Waals surface area (Å²) in [6, 6.07) is 14.2. The summed E-state index contributed by atoms with van der Waals surface area (Å²) in [6.45, 7) is 3.38. The van der Waals surface area contributed by atoms with Crippen molar-refractivity contribution >= 4 is 43.0 Å². The van der Waals surface area contributed by atoms with Crippen molar-refractivity contribution in [2.75, 3.05) is 30.5 Å². The fourth-order valence-corrected chi connectivity index (χ4v) is 8.52. The van der Waals surface area contributed by atoms with E-state index in [9.17, 15) is 21.6 Å². The van der Waals surface area contributed by atoms with Crippen LogP contribution in [0, 0.1) is 0 Å². The zero-order valence-electron chi connectivity index (χ0n) is 23.4. The number of hydrazone groups is 1. The van der Waals surface area contributed by atoms with Gasteiger partial charge in [-0.05, 0) is 65.9 Å². The van der Waals surface area contributed by atoms with Gasteiger partial charge in [-0.3, -0.25) is 9.78 Å². The molecule has 41 heavy (non-hydrogen) atoms. The average Bonchev–Trinajstić information content (AvgIpc) is 3.30. The molecule has 3 heterocycles. The highest BCUT2D eigenvalue weighted by atomic mass is 32.2. The molecule has 0 radical (unpaired) electrons. The summed E-state index contributed by atoms with van der Waals surface area (Å²) in [5.74, 6) is -1.44. The molecular weight excluding hydrogens is 562 g/mol. The Morgan fingerprint density at radius 3 is 2.10 bits per heavy atom. The van der Waals surface area contributed by atoms with E-state index in [0.717, 1.165) is 11.3 Å². The third-order valence-corrected chi connectivity index (χ3v) is 10.5. The number of hydrogen-bond acceptors (Lipinski definition) is 8. The molecule has 0 saturated heterocycles. The van der Waals surface area contributed by atoms with Crippen molar-refractivity contribution in [3.63, 3.8) is 0 Å². The van der Waals surface area contributed by atoms with E-state index in [1.165, 1.54) is 16.8 Å². The normalized spacial score (nSPS) is 12.2. The number of carbonyl (C=O) groups excluding carboxylic acids is 1. The molecule has 1 aromatic carbocycles. The molecule has 4 rings (SSSR count). The number of nitrogens with zero attached hydrogens (tertiary/aromatic N) is 4. The van der Waals surface area contributed by atoms with Crippen LogP contribution in [0.5, 0.6) is 0 Å². The molecule has 4 aromatic rings. The zero-order chi connectivity index (χ0) is 29.8. The molecule has 0 aliphatic heterocycles. The lowest BCUT2D eigenvalue weighted by Gasteiger charge is -2.11. The third kappa shape index (κ3) is 6.33. The maximum atomic E-state index is 13.6. The molecule has 216 valence electrons. The second-order valence-corrected chi connectivity index (χ2v) is 13.8. The standard InChI is InChI=1S/C29H33N5O5S2/c1-5-17-40(36,37)27-25-19-23(22-11-14-30-15-12-22)13-16-34(25)26(28(27)41(38,39)18-6-2)29(35)32-31-20-21-7-9-24(10-8-21)33(3)4/h7-16,19-20H,5-6,17-18H2,1-4H3,(H,32,35)/b31-20+. The minimum Gasteiger partial charge on any atom is -0.378 e. The first-order chi connectivity index (χ1) is 19.5. The van der Waals surface area contributed by atoms with Gasteiger partial charge in [0.2, 0.25) is 0 Å². The summed E-state index contributed by atoms with van der Waals surface area (Å²) in [5.41, 5.74) is 5.32. The van der Waals surface area contributed by atoms with Crippen LogP contribution in [0.15, 0.2) is 82.0 Å². The number of aromatic nitrogens is 2. The van der Waals surface area contributed by atoms with Gasteiger partial charge in [-0.15, -0.1) is 0 Å². The van der Waals surface area contributed by atoms with Crippen LogP contribution in [-0.2, 0) is 19.7 Å². The topological polar surface area (TPSA) is 130 Å². The molecule has 12 heteroatoms. The Hall–Kier alpha value is -4.03. The van der Waals surface area contributed by atoms with Gasteiger partial charge in [0.05, 0.1) is 23.2 Å². The molecule has 10 nitrogen and oxygen atoms in total. The molecule has 0 fully saturated rings. The van der Waals surface area contributed by atoms with Crippen molar-refractivity contribution in [3.05, 3.63) is 78.4 Å². The number of sulfone groups is 2. The number of hydrogen-bond donors (Lipinski definition) is 1. The van der Waals surface area contributed by atoms with Gasteiger partial charge >= 0.3 is 0 Å². The van der Waals surface area contributed by atoms with Gasteiger partial charge in [-0.2, -0.15) is 5.10 Å². The molecule has 1 N–H and O–H groups in total. The quantitative estimate of drug-likeness (QED) is 0.203. The molecule has 0 atom stereocenters. The fraction of sp³-hybridized carbons (Fsp3) is 0.276. The van der Waals surface area contributed by atoms with Crippen LogP contribution in [0.3, 0.4) is 0 Å². The van der Waals surface area contributed by atoms with Gasteiger partial charge < -0.3 is 9.30 Å². The highest BCUT2D eigenvalue weighted by Crippen LogP contribution is 2.36. The van der Waals surface area contributed by atoms with Crippen molar-refractivity contribution < 1.29 is 21.6 Å². The van der Waals surface area contributed by atoms with Crippen molar-refractivity contribution in [1.29, 1.82) is 0 Å². The number of pyridine rings is 2. The van der Waals surface area contributed by atoms with Crippen LogP contribution in [0.25, 0.3) is 16.6 Å². The Morgan fingerprint density at radius 2 is 1.51 bits per heavy atom. The minimum atomic E-state index is -4.17. The Balaban J connectivity index is 1.91. The molecular formula is C29H33N5O5S2. The molecule has 3 aromatic heterocycles. The molecule has 0 bridgehead atoms. The second kappa shape index (κ2) is 12.2. The van der Waals surface area contributed by atoms with Crippen molar-refractivity contribution in [3.8, 4) is 11.1 Å². The number of fused-ring (bicyclic) bond motifs is 1. The number of benzene rings is 1. The Labute approximate surface area is 240 Å². The van der Waals surface area contributed by atoms with Crippen LogP contribution in [0.2, 0.25) is 0 Å². The van der Waals surface area contributed by atoms with Crippen LogP contribution >= 0.6 is 0 Å². The number of amides is 1. The second-order valence-electron chi connectivity index (χ2n) is 9.74. The van der Waals surface area contributed by atoms with E-state index < -0.39 is 30.5 Å². The summed E-state index contributed by atoms with van der Waals surface area (Å²) >= 11 is 0. The lowest BCUT2D eigenvalue weighted by atomic mass is 10.1. The zero-order valence-corrected chi connectivity index (χ0v) is 25.0. The smallest absolute Gasteiger partial charge is 0.289 e. The van der Waals surface area contributed by atoms with Gasteiger partial charge in [-0.25, -0.2) is 22.3 Å². The van der Waals surface area contributed by atoms with Gasteiger partial charge in [0, 0.05) is 38.4 Å². The minimum absolute atomic E-state index is 0.107. The van der Waals surface area contributed by atoms with Crippen molar-refractivity contribution in [1.82, 2.24) is 14.8 Å². The molecule has 0 aliphatic rings. The van der Waals surface area contributed by atoms with E-state index in [1.807, 2.05) is 43.3 Å². The van der Waals surface area contributed by atoms with Crippen LogP contribution < -0.4 is 10.3 Å². The first-order valence-corrected chi connectivity index (χ1v) is 16.5. The van der Waals surface area contributed by atoms with E-state index in [0.29, 0.717) is 11.1 Å². The summed E-state index contributed by atoms with van der Waals surface area (Å²) in [4.78, 5) is 18.7. The molecule has 0 aliphatic carbocycles. The van der Waals surface area contributed by atoms with Crippen molar-refractivity contribution in [2.24, 2.45) is 5.10 Å². The maximum absolute atomic E-state index is 13.6. The van der Waals surface area contributed by atoms with Crippen molar-refractivity contribution in [2.45, 2.75) is 36.5 Å². The fourth-order valence-electron chi connectivity index (χ4n) is 4.55. The predicted octanol–water partition coefficient (Wildman–Crippen LogP) is 4.20. The first kappa shape index (κ1) is 29.9. The van der Waals surface area contributed by atoms with Gasteiger partial charge in [0.1, 0.15) is 15.5 Å². The number of rotatable bonds is 11. The van der Waals surface area contributed by atoms with Crippen LogP contribution in [0.1, 0.15) is 42.7 Å². The lowest BCUT2D eigenvalue weighted by molar-refractivity contribution is 0.0945. The third-order valence-electron chi connectivity index (χ3n) is 6.44. The summed E-state index contributed by atoms with van der Waals surface area (Å²) < 4.78 is 55.8. The predicted molar refractivity (Wildman–Crippen MR) is 161 cm³/mol. The lowest BCUT2D eigenvalue weighted by Crippen LogP contribution is -2.23. The highest BCUT2D eigenvalue weighted by Gasteiger charge is 2.37. The number of carbonyl (C=O) groups is 1. The van der Waals surface area contributed by atoms with Gasteiger partial charge in [0.15, 0.2) is 19.7 Å². The van der Waals surface area contributed by atoms with Crippen LogP contribution in [-0.4, -0.2) is 63.9 Å².